The maximum Gasteiger partial charge on any atom is 0.331 e. The third-order valence-electron chi connectivity index (χ3n) is 5.00. The van der Waals surface area contributed by atoms with Crippen molar-refractivity contribution in [2.24, 2.45) is 11.8 Å². The molecule has 2 atom stereocenters. The first kappa shape index (κ1) is 26.8. The van der Waals surface area contributed by atoms with Crippen molar-refractivity contribution in [1.29, 1.82) is 0 Å². The smallest absolute Gasteiger partial charge is 0.331 e. The summed E-state index contributed by atoms with van der Waals surface area (Å²) in [5.41, 5.74) is 1.83. The van der Waals surface area contributed by atoms with Crippen LogP contribution in [0.3, 0.4) is 0 Å². The van der Waals surface area contributed by atoms with Crippen LogP contribution in [0, 0.1) is 11.8 Å². The van der Waals surface area contributed by atoms with Crippen molar-refractivity contribution in [3.05, 3.63) is 71.8 Å². The molecule has 2 rings (SSSR count). The molecule has 1 amide bonds. The number of benzene rings is 2. The first-order valence-corrected chi connectivity index (χ1v) is 13.0. The first-order valence-electron chi connectivity index (χ1n) is 11.3. The molecule has 0 aromatic heterocycles. The van der Waals surface area contributed by atoms with Crippen LogP contribution in [-0.4, -0.2) is 37.8 Å². The molecular formula is C25H34NO6P. The average molecular weight is 476 g/mol. The fourth-order valence-corrected chi connectivity index (χ4v) is 5.20. The highest BCUT2D eigenvalue weighted by Crippen LogP contribution is 2.50. The van der Waals surface area contributed by atoms with E-state index in [4.69, 9.17) is 13.8 Å². The topological polar surface area (TPSA) is 90.9 Å². The zero-order chi connectivity index (χ0) is 24.1. The molecule has 0 fully saturated rings. The van der Waals surface area contributed by atoms with E-state index in [1.807, 2.05) is 60.7 Å². The van der Waals surface area contributed by atoms with Gasteiger partial charge in [-0.2, -0.15) is 0 Å². The Morgan fingerprint density at radius 2 is 1.45 bits per heavy atom. The van der Waals surface area contributed by atoms with Gasteiger partial charge in [-0.05, 0) is 31.4 Å². The lowest BCUT2D eigenvalue weighted by Crippen LogP contribution is -2.38. The van der Waals surface area contributed by atoms with Gasteiger partial charge in [-0.1, -0.05) is 67.6 Å². The van der Waals surface area contributed by atoms with Gasteiger partial charge in [0.1, 0.15) is 6.61 Å². The van der Waals surface area contributed by atoms with E-state index in [1.54, 1.807) is 20.8 Å². The monoisotopic (exact) mass is 475 g/mol. The molecule has 0 radical (unpaired) electrons. The summed E-state index contributed by atoms with van der Waals surface area (Å²) in [6.07, 6.45) is 0.339. The Kier molecular flexibility index (Phi) is 11.3. The fourth-order valence-electron chi connectivity index (χ4n) is 3.30. The number of nitrogens with one attached hydrogen (secondary N) is 1. The van der Waals surface area contributed by atoms with Crippen molar-refractivity contribution in [2.45, 2.75) is 33.8 Å². The molecule has 1 unspecified atom stereocenters. The van der Waals surface area contributed by atoms with Crippen LogP contribution in [0.25, 0.3) is 0 Å². The third-order valence-corrected chi connectivity index (χ3v) is 7.19. The summed E-state index contributed by atoms with van der Waals surface area (Å²) < 4.78 is 29.2. The van der Waals surface area contributed by atoms with Crippen LogP contribution in [0.15, 0.2) is 60.7 Å². The Labute approximate surface area is 196 Å². The third kappa shape index (κ3) is 9.50. The minimum atomic E-state index is -3.43. The molecule has 7 nitrogen and oxygen atoms in total. The molecule has 33 heavy (non-hydrogen) atoms. The van der Waals surface area contributed by atoms with Gasteiger partial charge in [0.2, 0.25) is 5.91 Å². The van der Waals surface area contributed by atoms with Crippen LogP contribution in [0.4, 0.5) is 0 Å². The predicted octanol–water partition coefficient (Wildman–Crippen LogP) is 4.61. The van der Waals surface area contributed by atoms with Crippen LogP contribution >= 0.6 is 7.60 Å². The summed E-state index contributed by atoms with van der Waals surface area (Å²) in [6, 6.07) is 18.9. The molecule has 2 aromatic carbocycles. The maximum absolute atomic E-state index is 13.1. The van der Waals surface area contributed by atoms with Gasteiger partial charge in [0.15, 0.2) is 0 Å². The van der Waals surface area contributed by atoms with Gasteiger partial charge in [0.05, 0.1) is 31.2 Å². The van der Waals surface area contributed by atoms with Gasteiger partial charge < -0.3 is 19.1 Å². The van der Waals surface area contributed by atoms with Gasteiger partial charge >= 0.3 is 13.6 Å². The molecule has 0 saturated carbocycles. The Balaban J connectivity index is 1.99. The van der Waals surface area contributed by atoms with Crippen LogP contribution in [0.1, 0.15) is 31.9 Å². The second kappa shape index (κ2) is 13.9. The average Bonchev–Trinajstić information content (AvgIpc) is 2.82. The van der Waals surface area contributed by atoms with Crippen LogP contribution in [-0.2, 0) is 41.0 Å². The van der Waals surface area contributed by atoms with E-state index in [0.29, 0.717) is 6.42 Å². The molecular weight excluding hydrogens is 441 g/mol. The molecule has 0 saturated heterocycles. The Bertz CT molecular complexity index is 896. The molecule has 2 aromatic rings. The summed E-state index contributed by atoms with van der Waals surface area (Å²) in [4.78, 5) is 25.4. The van der Waals surface area contributed by atoms with E-state index >= 15 is 0 Å². The highest BCUT2D eigenvalue weighted by molar-refractivity contribution is 7.53. The molecule has 0 aliphatic heterocycles. The summed E-state index contributed by atoms with van der Waals surface area (Å²) in [5.74, 6) is -1.86. The molecule has 0 aliphatic rings. The zero-order valence-corrected chi connectivity index (χ0v) is 20.5. The summed E-state index contributed by atoms with van der Waals surface area (Å²) >= 11 is 0. The predicted molar refractivity (Wildman–Crippen MR) is 128 cm³/mol. The van der Waals surface area contributed by atoms with Gasteiger partial charge in [0.25, 0.3) is 0 Å². The van der Waals surface area contributed by atoms with Gasteiger partial charge in [-0.3, -0.25) is 14.2 Å². The van der Waals surface area contributed by atoms with E-state index in [9.17, 15) is 14.2 Å². The number of rotatable bonds is 14. The van der Waals surface area contributed by atoms with Gasteiger partial charge in [-0.15, -0.1) is 0 Å². The maximum atomic E-state index is 13.1. The normalized spacial score (nSPS) is 13.2. The number of hydrogen-bond donors (Lipinski definition) is 1. The quantitative estimate of drug-likeness (QED) is 0.317. The van der Waals surface area contributed by atoms with E-state index in [2.05, 4.69) is 5.32 Å². The largest absolute Gasteiger partial charge is 0.461 e. The molecule has 180 valence electrons. The van der Waals surface area contributed by atoms with E-state index < -0.39 is 25.4 Å². The first-order chi connectivity index (χ1) is 15.9. The molecule has 0 spiro atoms. The number of esters is 1. The van der Waals surface area contributed by atoms with Crippen molar-refractivity contribution >= 4 is 19.5 Å². The van der Waals surface area contributed by atoms with E-state index in [1.165, 1.54) is 0 Å². The van der Waals surface area contributed by atoms with Crippen molar-refractivity contribution in [1.82, 2.24) is 5.32 Å². The summed E-state index contributed by atoms with van der Waals surface area (Å²) in [7, 11) is -3.43. The second-order valence-electron chi connectivity index (χ2n) is 7.76. The van der Waals surface area contributed by atoms with Crippen LogP contribution in [0.2, 0.25) is 0 Å². The zero-order valence-electron chi connectivity index (χ0n) is 19.6. The Hall–Kier alpha value is -2.47. The Morgan fingerprint density at radius 1 is 0.909 bits per heavy atom. The summed E-state index contributed by atoms with van der Waals surface area (Å²) in [5, 5.41) is 2.82. The van der Waals surface area contributed by atoms with E-state index in [-0.39, 0.29) is 38.4 Å². The number of amides is 1. The van der Waals surface area contributed by atoms with E-state index in [0.717, 1.165) is 11.1 Å². The highest BCUT2D eigenvalue weighted by Gasteiger charge is 2.33. The molecule has 0 heterocycles. The standard InChI is InChI=1S/C25H34NO6P/c1-4-31-33(29,32-5-2)19-23(16-21-12-8-6-9-13-21)24(27)26-17-20(3)25(28)30-18-22-14-10-7-11-15-22/h6-15,20,23H,4-5,16-19H2,1-3H3,(H,26,27)/t20?,23-/m1/s1. The fraction of sp³-hybridized carbons (Fsp3) is 0.440. The number of hydrogen-bond acceptors (Lipinski definition) is 6. The number of carbonyl (C=O) groups excluding carboxylic acids is 2. The minimum Gasteiger partial charge on any atom is -0.461 e. The second-order valence-corrected chi connectivity index (χ2v) is 9.86. The SMILES string of the molecule is CCOP(=O)(C[C@@H](Cc1ccccc1)C(=O)NCC(C)C(=O)OCc1ccccc1)OCC. The number of ether oxygens (including phenoxy) is 1. The number of carbonyl (C=O) groups is 2. The van der Waals surface area contributed by atoms with Gasteiger partial charge in [0, 0.05) is 6.54 Å². The molecule has 1 N–H and O–H groups in total. The molecule has 0 bridgehead atoms. The minimum absolute atomic E-state index is 0.0394. The molecule has 8 heteroatoms. The lowest BCUT2D eigenvalue weighted by molar-refractivity contribution is -0.149. The van der Waals surface area contributed by atoms with Crippen molar-refractivity contribution in [3.63, 3.8) is 0 Å². The highest BCUT2D eigenvalue weighted by atomic mass is 31.2. The summed E-state index contributed by atoms with van der Waals surface area (Å²) in [6.45, 7) is 5.92. The van der Waals surface area contributed by atoms with Crippen molar-refractivity contribution in [3.8, 4) is 0 Å². The lowest BCUT2D eigenvalue weighted by Gasteiger charge is -2.23. The molecule has 0 aliphatic carbocycles. The van der Waals surface area contributed by atoms with Crippen LogP contribution in [0.5, 0.6) is 0 Å². The van der Waals surface area contributed by atoms with Crippen LogP contribution < -0.4 is 5.32 Å². The van der Waals surface area contributed by atoms with Gasteiger partial charge in [-0.25, -0.2) is 0 Å². The van der Waals surface area contributed by atoms with Crippen molar-refractivity contribution in [2.75, 3.05) is 25.9 Å². The lowest BCUT2D eigenvalue weighted by atomic mass is 10.00. The Morgan fingerprint density at radius 3 is 2.00 bits per heavy atom. The van der Waals surface area contributed by atoms with Crippen molar-refractivity contribution < 1.29 is 27.9 Å².